The standard InChI is InChI=1S/C31H21Cl/c32-31-27-19-24-17-9-10-18-25(24)26(27)20-28(30(31)23-15-7-8-16-23)29(21-11-3-1-4-12-21)22-13-5-2-6-14-22/h1-20,23H. The number of rotatable bonds is 3. The van der Waals surface area contributed by atoms with Crippen molar-refractivity contribution in [2.24, 2.45) is 0 Å². The van der Waals surface area contributed by atoms with Crippen molar-refractivity contribution in [1.82, 2.24) is 0 Å². The third-order valence-electron chi connectivity index (χ3n) is 6.37. The van der Waals surface area contributed by atoms with Crippen molar-refractivity contribution in [1.29, 1.82) is 0 Å². The van der Waals surface area contributed by atoms with Crippen LogP contribution in [0.15, 0.2) is 115 Å². The molecular formula is C31H21Cl. The monoisotopic (exact) mass is 428 g/mol. The highest BCUT2D eigenvalue weighted by Gasteiger charge is 2.22. The first-order valence-electron chi connectivity index (χ1n) is 10.9. The van der Waals surface area contributed by atoms with Gasteiger partial charge in [0.05, 0.1) is 5.02 Å². The summed E-state index contributed by atoms with van der Waals surface area (Å²) in [7, 11) is 0. The molecule has 0 amide bonds. The molecule has 2 aliphatic rings. The second kappa shape index (κ2) is 7.82. The predicted molar refractivity (Wildman–Crippen MR) is 135 cm³/mol. The summed E-state index contributed by atoms with van der Waals surface area (Å²) in [5, 5.41) is 3.16. The number of fused-ring (bicyclic) bond motifs is 3. The maximum absolute atomic E-state index is 7.24. The first-order valence-corrected chi connectivity index (χ1v) is 11.3. The fourth-order valence-electron chi connectivity index (χ4n) is 4.91. The van der Waals surface area contributed by atoms with Crippen molar-refractivity contribution < 1.29 is 0 Å². The average molecular weight is 429 g/mol. The molecule has 0 aromatic heterocycles. The summed E-state index contributed by atoms with van der Waals surface area (Å²) >= 11 is 7.24. The van der Waals surface area contributed by atoms with Gasteiger partial charge in [-0.2, -0.15) is 0 Å². The van der Waals surface area contributed by atoms with Gasteiger partial charge in [-0.15, -0.1) is 0 Å². The molecule has 0 radical (unpaired) electrons. The molecule has 0 saturated heterocycles. The molecule has 0 saturated carbocycles. The van der Waals surface area contributed by atoms with Crippen LogP contribution in [-0.4, -0.2) is 0 Å². The summed E-state index contributed by atoms with van der Waals surface area (Å²) < 4.78 is 0. The molecule has 0 unspecified atom stereocenters. The fourth-order valence-corrected chi connectivity index (χ4v) is 5.30. The molecule has 2 aliphatic carbocycles. The van der Waals surface area contributed by atoms with Gasteiger partial charge in [0, 0.05) is 11.1 Å². The Labute approximate surface area is 193 Å². The Morgan fingerprint density at radius 1 is 0.656 bits per heavy atom. The van der Waals surface area contributed by atoms with Crippen LogP contribution < -0.4 is 10.4 Å². The Kier molecular flexibility index (Phi) is 4.67. The molecule has 0 spiro atoms. The van der Waals surface area contributed by atoms with Crippen LogP contribution in [0.1, 0.15) is 28.2 Å². The molecule has 0 heterocycles. The number of halogens is 1. The van der Waals surface area contributed by atoms with Crippen LogP contribution in [0.4, 0.5) is 0 Å². The molecule has 0 atom stereocenters. The van der Waals surface area contributed by atoms with E-state index in [-0.39, 0.29) is 5.92 Å². The number of hydrogen-bond donors (Lipinski definition) is 0. The maximum Gasteiger partial charge on any atom is 0.0532 e. The van der Waals surface area contributed by atoms with Crippen LogP contribution in [0.5, 0.6) is 0 Å². The zero-order valence-electron chi connectivity index (χ0n) is 17.5. The second-order valence-electron chi connectivity index (χ2n) is 8.25. The molecule has 4 aromatic carbocycles. The highest BCUT2D eigenvalue weighted by Crippen LogP contribution is 2.33. The molecule has 0 bridgehead atoms. The minimum atomic E-state index is 0.155. The van der Waals surface area contributed by atoms with E-state index in [1.54, 1.807) is 0 Å². The molecule has 1 heteroatoms. The van der Waals surface area contributed by atoms with Gasteiger partial charge in [0.2, 0.25) is 0 Å². The van der Waals surface area contributed by atoms with E-state index in [4.69, 9.17) is 11.6 Å². The minimum Gasteiger partial charge on any atom is -0.0833 e. The summed E-state index contributed by atoms with van der Waals surface area (Å²) in [6.07, 6.45) is 10.9. The molecular weight excluding hydrogens is 408 g/mol. The molecule has 0 aliphatic heterocycles. The van der Waals surface area contributed by atoms with E-state index < -0.39 is 0 Å². The van der Waals surface area contributed by atoms with Gasteiger partial charge >= 0.3 is 0 Å². The van der Waals surface area contributed by atoms with Crippen LogP contribution in [0.3, 0.4) is 0 Å². The molecule has 152 valence electrons. The van der Waals surface area contributed by atoms with E-state index in [0.29, 0.717) is 0 Å². The lowest BCUT2D eigenvalue weighted by molar-refractivity contribution is 1.08. The lowest BCUT2D eigenvalue weighted by atomic mass is 9.88. The number of allylic oxidation sites excluding steroid dienone is 4. The number of hydrogen-bond acceptors (Lipinski definition) is 0. The van der Waals surface area contributed by atoms with Crippen molar-refractivity contribution >= 4 is 23.3 Å². The Hall–Kier alpha value is -3.61. The highest BCUT2D eigenvalue weighted by atomic mass is 35.5. The summed E-state index contributed by atoms with van der Waals surface area (Å²) in [5.74, 6) is 0.155. The van der Waals surface area contributed by atoms with Crippen LogP contribution in [0.2, 0.25) is 5.02 Å². The van der Waals surface area contributed by atoms with Crippen molar-refractivity contribution in [2.45, 2.75) is 5.92 Å². The van der Waals surface area contributed by atoms with E-state index in [1.807, 2.05) is 0 Å². The van der Waals surface area contributed by atoms with Crippen LogP contribution in [-0.2, 0) is 0 Å². The Morgan fingerprint density at radius 3 is 1.91 bits per heavy atom. The van der Waals surface area contributed by atoms with Crippen molar-refractivity contribution in [3.8, 4) is 11.1 Å². The molecule has 0 N–H and O–H groups in total. The van der Waals surface area contributed by atoms with E-state index >= 15 is 0 Å². The molecule has 0 fully saturated rings. The Morgan fingerprint density at radius 2 is 1.25 bits per heavy atom. The van der Waals surface area contributed by atoms with Gasteiger partial charge in [0.1, 0.15) is 0 Å². The van der Waals surface area contributed by atoms with Gasteiger partial charge in [0.25, 0.3) is 0 Å². The summed E-state index contributed by atoms with van der Waals surface area (Å²) in [5.41, 5.74) is 8.45. The molecule has 0 nitrogen and oxygen atoms in total. The van der Waals surface area contributed by atoms with Crippen LogP contribution >= 0.6 is 11.6 Å². The minimum absolute atomic E-state index is 0.155. The van der Waals surface area contributed by atoms with Gasteiger partial charge in [-0.05, 0) is 56.3 Å². The SMILES string of the molecule is Clc1c(C2C=CC=C2)c(=C(c2ccccc2)c2ccccc2)cc2c1=Cc1ccccc1-2. The van der Waals surface area contributed by atoms with Gasteiger partial charge in [-0.25, -0.2) is 0 Å². The second-order valence-corrected chi connectivity index (χ2v) is 8.63. The highest BCUT2D eigenvalue weighted by molar-refractivity contribution is 6.32. The Balaban J connectivity index is 1.81. The first-order chi connectivity index (χ1) is 15.8. The van der Waals surface area contributed by atoms with Crippen molar-refractivity contribution in [2.75, 3.05) is 0 Å². The van der Waals surface area contributed by atoms with Gasteiger partial charge in [-0.1, -0.05) is 121 Å². The largest absolute Gasteiger partial charge is 0.0833 e. The first kappa shape index (κ1) is 19.1. The van der Waals surface area contributed by atoms with Gasteiger partial charge < -0.3 is 0 Å². The lowest BCUT2D eigenvalue weighted by Gasteiger charge is -2.17. The van der Waals surface area contributed by atoms with E-state index in [0.717, 1.165) is 10.2 Å². The van der Waals surface area contributed by atoms with Gasteiger partial charge in [0.15, 0.2) is 0 Å². The molecule has 4 aromatic rings. The number of benzene rings is 4. The third kappa shape index (κ3) is 3.07. The molecule has 6 rings (SSSR count). The van der Waals surface area contributed by atoms with E-state index in [1.165, 1.54) is 44.2 Å². The third-order valence-corrected chi connectivity index (χ3v) is 6.78. The predicted octanol–water partition coefficient (Wildman–Crippen LogP) is 6.61. The van der Waals surface area contributed by atoms with Gasteiger partial charge in [-0.3, -0.25) is 0 Å². The van der Waals surface area contributed by atoms with E-state index in [9.17, 15) is 0 Å². The van der Waals surface area contributed by atoms with Crippen LogP contribution in [0, 0.1) is 0 Å². The van der Waals surface area contributed by atoms with Crippen molar-refractivity contribution in [3.63, 3.8) is 0 Å². The lowest BCUT2D eigenvalue weighted by Crippen LogP contribution is -2.23. The van der Waals surface area contributed by atoms with Crippen LogP contribution in [0.25, 0.3) is 22.8 Å². The fraction of sp³-hybridized carbons (Fsp3) is 0.0323. The van der Waals surface area contributed by atoms with Crippen molar-refractivity contribution in [3.05, 3.63) is 153 Å². The smallest absolute Gasteiger partial charge is 0.0532 e. The summed E-state index contributed by atoms with van der Waals surface area (Å²) in [6, 6.07) is 32.2. The molecule has 32 heavy (non-hydrogen) atoms. The summed E-state index contributed by atoms with van der Waals surface area (Å²) in [4.78, 5) is 0. The average Bonchev–Trinajstić information content (AvgIpc) is 3.50. The quantitative estimate of drug-likeness (QED) is 0.303. The Bertz CT molecular complexity index is 1450. The topological polar surface area (TPSA) is 0 Å². The zero-order valence-corrected chi connectivity index (χ0v) is 18.3. The zero-order chi connectivity index (χ0) is 21.5. The summed E-state index contributed by atoms with van der Waals surface area (Å²) in [6.45, 7) is 0. The normalized spacial score (nSPS) is 13.7. The van der Waals surface area contributed by atoms with E-state index in [2.05, 4.69) is 121 Å². The maximum atomic E-state index is 7.24.